The van der Waals surface area contributed by atoms with Crippen LogP contribution in [0.1, 0.15) is 0 Å². The Morgan fingerprint density at radius 3 is 2.30 bits per heavy atom. The molecule has 0 radical (unpaired) electrons. The highest BCUT2D eigenvalue weighted by atomic mass is 35.5. The van der Waals surface area contributed by atoms with Gasteiger partial charge in [-0.1, -0.05) is 4.40 Å². The lowest BCUT2D eigenvalue weighted by Crippen LogP contribution is -2.08. The van der Waals surface area contributed by atoms with Crippen LogP contribution in [-0.2, 0) is 14.8 Å². The van der Waals surface area contributed by atoms with Gasteiger partial charge in [0.2, 0.25) is 0 Å². The normalized spacial score (nSPS) is 11.1. The highest BCUT2D eigenvalue weighted by Crippen LogP contribution is 2.05. The minimum absolute atomic E-state index is 0.564. The Labute approximate surface area is 67.9 Å². The van der Waals surface area contributed by atoms with E-state index in [1.54, 1.807) is 0 Å². The van der Waals surface area contributed by atoms with Crippen molar-refractivity contribution in [2.24, 2.45) is 4.40 Å². The number of rotatable bonds is 3. The Morgan fingerprint density at radius 2 is 2.00 bits per heavy atom. The number of hydrogen-bond acceptors (Lipinski definition) is 3. The molecule has 0 aromatic rings. The van der Waals surface area contributed by atoms with Crippen molar-refractivity contribution in [1.29, 1.82) is 0 Å². The van der Waals surface area contributed by atoms with E-state index in [9.17, 15) is 13.2 Å². The van der Waals surface area contributed by atoms with Crippen LogP contribution in [-0.4, -0.2) is 25.1 Å². The van der Waals surface area contributed by atoms with Gasteiger partial charge in [-0.2, -0.15) is 0 Å². The molecule has 0 fully saturated rings. The van der Waals surface area contributed by atoms with Crippen molar-refractivity contribution >= 4 is 39.3 Å². The van der Waals surface area contributed by atoms with Crippen LogP contribution in [0.15, 0.2) is 4.40 Å². The zero-order chi connectivity index (χ0) is 8.20. The van der Waals surface area contributed by atoms with E-state index < -0.39 is 20.6 Å². The number of halogens is 2. The Bertz CT molecular complexity index is 240. The third-order valence-corrected chi connectivity index (χ3v) is 2.29. The van der Waals surface area contributed by atoms with Crippen LogP contribution < -0.4 is 0 Å². The van der Waals surface area contributed by atoms with E-state index in [1.807, 2.05) is 0 Å². The first-order valence-corrected chi connectivity index (χ1v) is 4.56. The van der Waals surface area contributed by atoms with Gasteiger partial charge < -0.3 is 0 Å². The van der Waals surface area contributed by atoms with Gasteiger partial charge in [0.05, 0.1) is 0 Å². The van der Waals surface area contributed by atoms with Gasteiger partial charge in [0.1, 0.15) is 10.6 Å². The summed E-state index contributed by atoms with van der Waals surface area (Å²) >= 11 is 10.2. The summed E-state index contributed by atoms with van der Waals surface area (Å²) in [5.74, 6) is -0.564. The maximum absolute atomic E-state index is 10.4. The monoisotopic (exact) mass is 203 g/mol. The molecular weight excluding hydrogens is 201 g/mol. The molecule has 0 aromatic carbocycles. The first-order valence-electron chi connectivity index (χ1n) is 2.08. The van der Waals surface area contributed by atoms with Crippen molar-refractivity contribution in [1.82, 2.24) is 0 Å². The van der Waals surface area contributed by atoms with Crippen LogP contribution in [0.25, 0.3) is 0 Å². The molecule has 0 heterocycles. The van der Waals surface area contributed by atoms with Crippen molar-refractivity contribution in [2.75, 3.05) is 5.75 Å². The second-order valence-corrected chi connectivity index (χ2v) is 4.28. The van der Waals surface area contributed by atoms with E-state index in [1.165, 1.54) is 0 Å². The fraction of sp³-hybridized carbons (Fsp3) is 0.667. The Hall–Kier alpha value is -0.0900. The largest absolute Gasteiger partial charge is 0.266 e. The number of sulfonamides is 1. The summed E-state index contributed by atoms with van der Waals surface area (Å²) in [6, 6.07) is 0. The molecule has 10 heavy (non-hydrogen) atoms. The van der Waals surface area contributed by atoms with E-state index in [-0.39, 0.29) is 0 Å². The quantitative estimate of drug-likeness (QED) is 0.381. The molecule has 0 N–H and O–H groups in total. The van der Waals surface area contributed by atoms with Gasteiger partial charge in [-0.05, 0) is 0 Å². The zero-order valence-corrected chi connectivity index (χ0v) is 6.95. The molecule has 0 saturated carbocycles. The smallest absolute Gasteiger partial charge is 0.210 e. The number of hydrogen-bond donors (Lipinski definition) is 0. The van der Waals surface area contributed by atoms with Crippen LogP contribution in [0.3, 0.4) is 0 Å². The molecule has 0 aromatic heterocycles. The van der Waals surface area contributed by atoms with Crippen LogP contribution in [0.5, 0.6) is 0 Å². The molecule has 0 amide bonds. The topological polar surface area (TPSA) is 63.6 Å². The van der Waals surface area contributed by atoms with Gasteiger partial charge in [-0.3, -0.25) is 0 Å². The first kappa shape index (κ1) is 9.91. The van der Waals surface area contributed by atoms with Crippen LogP contribution >= 0.6 is 23.2 Å². The highest BCUT2D eigenvalue weighted by Gasteiger charge is 2.13. The van der Waals surface area contributed by atoms with Crippen LogP contribution in [0, 0.1) is 0 Å². The second-order valence-electron chi connectivity index (χ2n) is 1.32. The maximum atomic E-state index is 10.4. The van der Waals surface area contributed by atoms with Gasteiger partial charge in [0.15, 0.2) is 0 Å². The molecule has 0 aliphatic carbocycles. The van der Waals surface area contributed by atoms with Gasteiger partial charge in [-0.15, -0.1) is 23.2 Å². The second kappa shape index (κ2) is 3.93. The van der Waals surface area contributed by atoms with E-state index in [0.29, 0.717) is 0 Å². The summed E-state index contributed by atoms with van der Waals surface area (Å²) in [4.78, 5) is 8.38. The third-order valence-electron chi connectivity index (χ3n) is 0.513. The van der Waals surface area contributed by atoms with Gasteiger partial charge in [0, 0.05) is 0 Å². The van der Waals surface area contributed by atoms with Crippen LogP contribution in [0.2, 0.25) is 0 Å². The summed E-state index contributed by atoms with van der Waals surface area (Å²) in [6.45, 7) is 0. The molecule has 0 spiro atoms. The summed E-state index contributed by atoms with van der Waals surface area (Å²) in [7, 11) is -3.79. The Morgan fingerprint density at radius 1 is 1.50 bits per heavy atom. The molecule has 0 bridgehead atoms. The fourth-order valence-electron chi connectivity index (χ4n) is 0.253. The molecule has 0 atom stereocenters. The number of carbonyl (C=O) groups excluding carboxylic acids is 1. The maximum Gasteiger partial charge on any atom is 0.266 e. The first-order chi connectivity index (χ1) is 4.48. The van der Waals surface area contributed by atoms with Crippen molar-refractivity contribution in [3.8, 4) is 0 Å². The average molecular weight is 204 g/mol. The molecule has 0 aliphatic heterocycles. The van der Waals surface area contributed by atoms with E-state index in [4.69, 9.17) is 23.2 Å². The number of nitrogens with zero attached hydrogens (tertiary/aromatic N) is 1. The molecule has 0 unspecified atom stereocenters. The molecule has 58 valence electrons. The fourth-order valence-corrected chi connectivity index (χ4v) is 1.72. The zero-order valence-electron chi connectivity index (χ0n) is 4.62. The van der Waals surface area contributed by atoms with Crippen LogP contribution in [0.4, 0.5) is 0 Å². The molecule has 0 rings (SSSR count). The Kier molecular flexibility index (Phi) is 3.89. The standard InChI is InChI=1S/C3H3Cl2NO3S/c4-3(5)1-10(8,9)6-2-7/h3H,1H2. The molecule has 0 saturated heterocycles. The summed E-state index contributed by atoms with van der Waals surface area (Å²) in [5.41, 5.74) is 0. The minimum atomic E-state index is -3.79. The third kappa shape index (κ3) is 4.76. The molecular formula is C3H3Cl2NO3S. The van der Waals surface area contributed by atoms with Gasteiger partial charge in [-0.25, -0.2) is 13.2 Å². The molecule has 0 aliphatic rings. The number of isocyanates is 1. The van der Waals surface area contributed by atoms with Crippen molar-refractivity contribution in [3.63, 3.8) is 0 Å². The number of alkyl halides is 2. The molecule has 4 nitrogen and oxygen atoms in total. The van der Waals surface area contributed by atoms with E-state index in [2.05, 4.69) is 4.40 Å². The average Bonchev–Trinajstić information content (AvgIpc) is 1.59. The SMILES string of the molecule is O=C=NS(=O)(=O)CC(Cl)Cl. The summed E-state index contributed by atoms with van der Waals surface area (Å²) in [6.07, 6.45) is 0.883. The predicted octanol–water partition coefficient (Wildman–Crippen LogP) is 0.456. The summed E-state index contributed by atoms with van der Waals surface area (Å²) < 4.78 is 23.4. The van der Waals surface area contributed by atoms with Crippen molar-refractivity contribution in [3.05, 3.63) is 0 Å². The highest BCUT2D eigenvalue weighted by molar-refractivity contribution is 7.90. The summed E-state index contributed by atoms with van der Waals surface area (Å²) in [5, 5.41) is 0. The van der Waals surface area contributed by atoms with E-state index >= 15 is 0 Å². The lowest BCUT2D eigenvalue weighted by atomic mass is 10.9. The van der Waals surface area contributed by atoms with Crippen molar-refractivity contribution < 1.29 is 13.2 Å². The lowest BCUT2D eigenvalue weighted by molar-refractivity contribution is 0.563. The van der Waals surface area contributed by atoms with E-state index in [0.717, 1.165) is 6.08 Å². The lowest BCUT2D eigenvalue weighted by Gasteiger charge is -1.93. The Balaban J connectivity index is 4.30. The van der Waals surface area contributed by atoms with Gasteiger partial charge >= 0.3 is 0 Å². The molecule has 7 heteroatoms. The predicted molar refractivity (Wildman–Crippen MR) is 37.4 cm³/mol. The minimum Gasteiger partial charge on any atom is -0.210 e. The van der Waals surface area contributed by atoms with Gasteiger partial charge in [0.25, 0.3) is 16.1 Å². The van der Waals surface area contributed by atoms with Crippen molar-refractivity contribution in [2.45, 2.75) is 4.84 Å².